The van der Waals surface area contributed by atoms with Crippen molar-refractivity contribution in [3.8, 4) is 0 Å². The van der Waals surface area contributed by atoms with Crippen molar-refractivity contribution in [3.05, 3.63) is 53.1 Å². The van der Waals surface area contributed by atoms with Crippen molar-refractivity contribution in [2.45, 2.75) is 71.9 Å². The molecule has 0 radical (unpaired) electrons. The van der Waals surface area contributed by atoms with Crippen LogP contribution in [0.3, 0.4) is 0 Å². The van der Waals surface area contributed by atoms with Crippen molar-refractivity contribution in [1.29, 1.82) is 0 Å². The molecule has 0 aromatic heterocycles. The van der Waals surface area contributed by atoms with E-state index in [1.165, 1.54) is 16.7 Å². The Kier molecular flexibility index (Phi) is 5.87. The van der Waals surface area contributed by atoms with E-state index < -0.39 is 8.07 Å². The van der Waals surface area contributed by atoms with E-state index in [0.717, 1.165) is 6.42 Å². The SMILES string of the molecule is Cc1ccccc1/C(=C/[Si](C)(C)C)C/C=C/B1OC(C)(C)C(C)(C)O1. The number of hydrogen-bond acceptors (Lipinski definition) is 2. The zero-order chi connectivity index (χ0) is 18.9. The van der Waals surface area contributed by atoms with Crippen LogP contribution in [0.5, 0.6) is 0 Å². The second-order valence-corrected chi connectivity index (χ2v) is 14.1. The molecule has 0 amide bonds. The van der Waals surface area contributed by atoms with Crippen molar-refractivity contribution in [3.63, 3.8) is 0 Å². The minimum absolute atomic E-state index is 0.269. The standard InChI is InChI=1S/C21H33BO2Si/c1-17-12-9-10-14-19(17)18(16-25(6,7)8)13-11-15-22-23-20(2,3)21(4,5)24-22/h9-12,14-16H,13H2,1-8H3/b15-11+,18-16+. The van der Waals surface area contributed by atoms with Gasteiger partial charge in [0.25, 0.3) is 0 Å². The van der Waals surface area contributed by atoms with Gasteiger partial charge in [0.2, 0.25) is 0 Å². The molecule has 0 bridgehead atoms. The Balaban J connectivity index is 2.17. The van der Waals surface area contributed by atoms with Gasteiger partial charge in [0.1, 0.15) is 0 Å². The summed E-state index contributed by atoms with van der Waals surface area (Å²) in [5.41, 5.74) is 6.03. The molecule has 1 aliphatic rings. The Hall–Kier alpha value is -1.10. The zero-order valence-electron chi connectivity index (χ0n) is 17.1. The normalized spacial score (nSPS) is 20.5. The second-order valence-electron chi connectivity index (χ2n) is 9.11. The number of rotatable bonds is 5. The third-order valence-corrected chi connectivity index (χ3v) is 6.22. The highest BCUT2D eigenvalue weighted by atomic mass is 28.3. The van der Waals surface area contributed by atoms with Crippen LogP contribution in [0.4, 0.5) is 0 Å². The molecule has 0 spiro atoms. The van der Waals surface area contributed by atoms with Crippen LogP contribution in [0.1, 0.15) is 45.2 Å². The highest BCUT2D eigenvalue weighted by Gasteiger charge is 2.49. The van der Waals surface area contributed by atoms with Crippen LogP contribution in [0.15, 0.2) is 42.0 Å². The van der Waals surface area contributed by atoms with Gasteiger partial charge in [-0.2, -0.15) is 0 Å². The highest BCUT2D eigenvalue weighted by molar-refractivity contribution is 6.81. The van der Waals surface area contributed by atoms with E-state index >= 15 is 0 Å². The first kappa shape index (κ1) is 20.2. The maximum absolute atomic E-state index is 6.06. The second kappa shape index (κ2) is 7.26. The van der Waals surface area contributed by atoms with E-state index in [0.29, 0.717) is 0 Å². The lowest BCUT2D eigenvalue weighted by atomic mass is 9.88. The molecule has 0 atom stereocenters. The molecule has 4 heteroatoms. The van der Waals surface area contributed by atoms with Gasteiger partial charge < -0.3 is 9.31 Å². The Morgan fingerprint density at radius 1 is 1.04 bits per heavy atom. The summed E-state index contributed by atoms with van der Waals surface area (Å²) in [5, 5.41) is 0. The van der Waals surface area contributed by atoms with Crippen LogP contribution < -0.4 is 0 Å². The lowest BCUT2D eigenvalue weighted by Crippen LogP contribution is -2.41. The van der Waals surface area contributed by atoms with E-state index in [9.17, 15) is 0 Å². The molecule has 1 aromatic rings. The maximum atomic E-state index is 6.06. The first-order chi connectivity index (χ1) is 11.4. The van der Waals surface area contributed by atoms with Gasteiger partial charge in [0.15, 0.2) is 0 Å². The topological polar surface area (TPSA) is 18.5 Å². The van der Waals surface area contributed by atoms with Gasteiger partial charge in [-0.25, -0.2) is 0 Å². The fraction of sp³-hybridized carbons (Fsp3) is 0.524. The number of benzene rings is 1. The monoisotopic (exact) mass is 356 g/mol. The summed E-state index contributed by atoms with van der Waals surface area (Å²) in [4.78, 5) is 0. The summed E-state index contributed by atoms with van der Waals surface area (Å²) >= 11 is 0. The van der Waals surface area contributed by atoms with E-state index in [1.807, 2.05) is 0 Å². The van der Waals surface area contributed by atoms with Crippen molar-refractivity contribution >= 4 is 20.8 Å². The lowest BCUT2D eigenvalue weighted by molar-refractivity contribution is 0.00578. The van der Waals surface area contributed by atoms with Crippen LogP contribution in [-0.2, 0) is 9.31 Å². The summed E-state index contributed by atoms with van der Waals surface area (Å²) in [5.74, 6) is 2.06. The number of allylic oxidation sites excluding steroid dienone is 2. The summed E-state index contributed by atoms with van der Waals surface area (Å²) in [6.07, 6.45) is 3.10. The van der Waals surface area contributed by atoms with Gasteiger partial charge in [-0.1, -0.05) is 61.7 Å². The minimum atomic E-state index is -1.31. The van der Waals surface area contributed by atoms with Crippen LogP contribution in [0, 0.1) is 6.92 Å². The van der Waals surface area contributed by atoms with Crippen LogP contribution in [0.25, 0.3) is 5.57 Å². The Morgan fingerprint density at radius 2 is 1.60 bits per heavy atom. The molecule has 0 saturated carbocycles. The average Bonchev–Trinajstić information content (AvgIpc) is 2.64. The predicted octanol–water partition coefficient (Wildman–Crippen LogP) is 5.83. The molecule has 136 valence electrons. The highest BCUT2D eigenvalue weighted by Crippen LogP contribution is 2.37. The molecule has 1 aromatic carbocycles. The molecule has 2 nitrogen and oxygen atoms in total. The molecule has 0 N–H and O–H groups in total. The van der Waals surface area contributed by atoms with Crippen molar-refractivity contribution in [2.75, 3.05) is 0 Å². The maximum Gasteiger partial charge on any atom is 0.486 e. The summed E-state index contributed by atoms with van der Waals surface area (Å²) in [7, 11) is -1.58. The Labute approximate surface area is 155 Å². The smallest absolute Gasteiger partial charge is 0.400 e. The van der Waals surface area contributed by atoms with E-state index in [1.54, 1.807) is 0 Å². The fourth-order valence-corrected chi connectivity index (χ4v) is 4.29. The van der Waals surface area contributed by atoms with E-state index in [4.69, 9.17) is 9.31 Å². The quantitative estimate of drug-likeness (QED) is 0.618. The van der Waals surface area contributed by atoms with Gasteiger partial charge in [-0.05, 0) is 57.7 Å². The van der Waals surface area contributed by atoms with Crippen molar-refractivity contribution < 1.29 is 9.31 Å². The molecule has 2 rings (SSSR count). The third kappa shape index (κ3) is 5.19. The molecular weight excluding hydrogens is 323 g/mol. The van der Waals surface area contributed by atoms with E-state index in [-0.39, 0.29) is 18.3 Å². The van der Waals surface area contributed by atoms with E-state index in [2.05, 4.69) is 96.3 Å². The fourth-order valence-electron chi connectivity index (χ4n) is 2.98. The van der Waals surface area contributed by atoms with Gasteiger partial charge >= 0.3 is 7.12 Å². The minimum Gasteiger partial charge on any atom is -0.400 e. The largest absolute Gasteiger partial charge is 0.486 e. The number of aryl methyl sites for hydroxylation is 1. The molecule has 1 heterocycles. The van der Waals surface area contributed by atoms with Crippen LogP contribution in [0.2, 0.25) is 19.6 Å². The summed E-state index contributed by atoms with van der Waals surface area (Å²) < 4.78 is 12.1. The van der Waals surface area contributed by atoms with Crippen molar-refractivity contribution in [1.82, 2.24) is 0 Å². The molecule has 1 aliphatic heterocycles. The third-order valence-electron chi connectivity index (χ3n) is 5.00. The van der Waals surface area contributed by atoms with Crippen molar-refractivity contribution in [2.24, 2.45) is 0 Å². The first-order valence-electron chi connectivity index (χ1n) is 9.21. The van der Waals surface area contributed by atoms with Crippen LogP contribution in [-0.4, -0.2) is 26.4 Å². The van der Waals surface area contributed by atoms with Crippen LogP contribution >= 0.6 is 0 Å². The molecule has 0 aliphatic carbocycles. The van der Waals surface area contributed by atoms with Gasteiger partial charge in [0.05, 0.1) is 19.3 Å². The molecule has 0 unspecified atom stereocenters. The zero-order valence-corrected chi connectivity index (χ0v) is 18.1. The molecular formula is C21H33BO2Si. The van der Waals surface area contributed by atoms with Gasteiger partial charge in [0, 0.05) is 0 Å². The van der Waals surface area contributed by atoms with Gasteiger partial charge in [-0.3, -0.25) is 0 Å². The number of hydrogen-bond donors (Lipinski definition) is 0. The summed E-state index contributed by atoms with van der Waals surface area (Å²) in [6, 6.07) is 8.64. The first-order valence-corrected chi connectivity index (χ1v) is 12.8. The summed E-state index contributed by atoms with van der Waals surface area (Å²) in [6.45, 7) is 17.7. The molecule has 1 saturated heterocycles. The lowest BCUT2D eigenvalue weighted by Gasteiger charge is -2.32. The molecule has 25 heavy (non-hydrogen) atoms. The van der Waals surface area contributed by atoms with Gasteiger partial charge in [-0.15, -0.1) is 0 Å². The average molecular weight is 356 g/mol. The molecule has 1 fully saturated rings. The Morgan fingerprint density at radius 3 is 2.12 bits per heavy atom. The predicted molar refractivity (Wildman–Crippen MR) is 112 cm³/mol. The Bertz CT molecular complexity index is 653.